The van der Waals surface area contributed by atoms with Gasteiger partial charge in [0.15, 0.2) is 0 Å². The third-order valence-electron chi connectivity index (χ3n) is 4.50. The van der Waals surface area contributed by atoms with Crippen molar-refractivity contribution in [3.63, 3.8) is 0 Å². The normalized spacial score (nSPS) is 11.5. The van der Waals surface area contributed by atoms with Gasteiger partial charge in [-0.05, 0) is 36.6 Å². The molecule has 0 atom stereocenters. The molecule has 7 nitrogen and oxygen atoms in total. The summed E-state index contributed by atoms with van der Waals surface area (Å²) in [5.41, 5.74) is 1.30. The first-order valence-electron chi connectivity index (χ1n) is 9.29. The Morgan fingerprint density at radius 2 is 1.88 bits per heavy atom. The largest absolute Gasteiger partial charge is 0.405 e. The third kappa shape index (κ3) is 4.47. The molecule has 2 amide bonds. The average molecular weight is 460 g/mol. The molecule has 0 bridgehead atoms. The predicted molar refractivity (Wildman–Crippen MR) is 113 cm³/mol. The number of benzene rings is 1. The zero-order chi connectivity index (χ0) is 22.9. The third-order valence-corrected chi connectivity index (χ3v) is 5.40. The van der Waals surface area contributed by atoms with Gasteiger partial charge in [0.05, 0.1) is 38.5 Å². The van der Waals surface area contributed by atoms with Crippen LogP contribution in [0.25, 0.3) is 21.7 Å². The Kier molecular flexibility index (Phi) is 5.66. The summed E-state index contributed by atoms with van der Waals surface area (Å²) in [6, 6.07) is 11.1. The van der Waals surface area contributed by atoms with E-state index in [4.69, 9.17) is 4.52 Å². The summed E-state index contributed by atoms with van der Waals surface area (Å²) in [5.74, 6) is -1.55. The molecule has 0 saturated carbocycles. The second-order valence-electron chi connectivity index (χ2n) is 6.78. The highest BCUT2D eigenvalue weighted by molar-refractivity contribution is 7.13. The second-order valence-corrected chi connectivity index (χ2v) is 7.73. The van der Waals surface area contributed by atoms with E-state index in [1.165, 1.54) is 29.5 Å². The van der Waals surface area contributed by atoms with Crippen molar-refractivity contribution in [1.82, 2.24) is 15.5 Å². The average Bonchev–Trinajstić information content (AvgIpc) is 3.42. The van der Waals surface area contributed by atoms with Crippen LogP contribution >= 0.6 is 11.3 Å². The Morgan fingerprint density at radius 1 is 1.09 bits per heavy atom. The lowest BCUT2D eigenvalue weighted by Crippen LogP contribution is -2.34. The number of halogens is 3. The standard InChI is InChI=1S/C21H15F3N4O3S/c1-11-17-13(9-15(16-7-4-8-32-16)27-20(17)31-28-11)19(30)26-14-6-3-2-5-12(14)18(29)25-10-21(22,23)24/h2-9H,10H2,1H3,(H,25,29)(H,26,30). The molecule has 0 spiro atoms. The van der Waals surface area contributed by atoms with Gasteiger partial charge in [-0.3, -0.25) is 9.59 Å². The number of amides is 2. The SMILES string of the molecule is Cc1noc2nc(-c3cccs3)cc(C(=O)Nc3ccccc3C(=O)NCC(F)(F)F)c12. The van der Waals surface area contributed by atoms with Crippen molar-refractivity contribution >= 4 is 39.9 Å². The molecule has 0 fully saturated rings. The van der Waals surface area contributed by atoms with E-state index in [0.29, 0.717) is 16.8 Å². The Hall–Kier alpha value is -3.73. The van der Waals surface area contributed by atoms with E-state index in [-0.39, 0.29) is 22.5 Å². The molecule has 164 valence electrons. The number of hydrogen-bond acceptors (Lipinski definition) is 6. The molecular weight excluding hydrogens is 445 g/mol. The number of fused-ring (bicyclic) bond motifs is 1. The van der Waals surface area contributed by atoms with Crippen molar-refractivity contribution in [2.75, 3.05) is 11.9 Å². The molecule has 0 aliphatic rings. The van der Waals surface area contributed by atoms with Gasteiger partial charge >= 0.3 is 6.18 Å². The highest BCUT2D eigenvalue weighted by Crippen LogP contribution is 2.30. The lowest BCUT2D eigenvalue weighted by atomic mass is 10.1. The van der Waals surface area contributed by atoms with E-state index in [9.17, 15) is 22.8 Å². The number of pyridine rings is 1. The minimum Gasteiger partial charge on any atom is -0.343 e. The van der Waals surface area contributed by atoms with Gasteiger partial charge in [-0.1, -0.05) is 23.4 Å². The maximum atomic E-state index is 13.2. The van der Waals surface area contributed by atoms with Crippen LogP contribution in [0.15, 0.2) is 52.4 Å². The van der Waals surface area contributed by atoms with Crippen molar-refractivity contribution in [2.45, 2.75) is 13.1 Å². The monoisotopic (exact) mass is 460 g/mol. The highest BCUT2D eigenvalue weighted by Gasteiger charge is 2.28. The van der Waals surface area contributed by atoms with Crippen LogP contribution in [0.2, 0.25) is 0 Å². The fourth-order valence-corrected chi connectivity index (χ4v) is 3.77. The van der Waals surface area contributed by atoms with Crippen LogP contribution in [0.1, 0.15) is 26.4 Å². The van der Waals surface area contributed by atoms with E-state index < -0.39 is 24.5 Å². The molecule has 11 heteroatoms. The molecule has 4 rings (SSSR count). The summed E-state index contributed by atoms with van der Waals surface area (Å²) >= 11 is 1.43. The number of hydrogen-bond donors (Lipinski definition) is 2. The van der Waals surface area contributed by atoms with Gasteiger partial charge in [0.25, 0.3) is 17.5 Å². The molecule has 0 aliphatic heterocycles. The zero-order valence-corrected chi connectivity index (χ0v) is 17.3. The Balaban J connectivity index is 1.68. The number of nitrogens with zero attached hydrogens (tertiary/aromatic N) is 2. The van der Waals surface area contributed by atoms with E-state index >= 15 is 0 Å². The maximum Gasteiger partial charge on any atom is 0.405 e. The number of carbonyl (C=O) groups is 2. The van der Waals surface area contributed by atoms with Gasteiger partial charge < -0.3 is 15.2 Å². The van der Waals surface area contributed by atoms with Crippen LogP contribution in [0, 0.1) is 6.92 Å². The molecule has 4 aromatic rings. The van der Waals surface area contributed by atoms with Gasteiger partial charge in [0.2, 0.25) is 0 Å². The smallest absolute Gasteiger partial charge is 0.343 e. The van der Waals surface area contributed by atoms with Crippen molar-refractivity contribution in [2.24, 2.45) is 0 Å². The lowest BCUT2D eigenvalue weighted by molar-refractivity contribution is -0.123. The van der Waals surface area contributed by atoms with Crippen LogP contribution in [0.5, 0.6) is 0 Å². The quantitative estimate of drug-likeness (QED) is 0.446. The summed E-state index contributed by atoms with van der Waals surface area (Å²) in [7, 11) is 0. The van der Waals surface area contributed by atoms with Crippen molar-refractivity contribution < 1.29 is 27.3 Å². The number of nitrogens with one attached hydrogen (secondary N) is 2. The van der Waals surface area contributed by atoms with Crippen LogP contribution in [0.3, 0.4) is 0 Å². The molecular formula is C21H15F3N4O3S. The molecule has 2 N–H and O–H groups in total. The first kappa shape index (κ1) is 21.5. The van der Waals surface area contributed by atoms with Gasteiger partial charge in [-0.2, -0.15) is 13.2 Å². The van der Waals surface area contributed by atoms with Crippen LogP contribution in [-0.4, -0.2) is 34.7 Å². The minimum absolute atomic E-state index is 0.0638. The number of carbonyl (C=O) groups excluding carboxylic acids is 2. The molecule has 3 aromatic heterocycles. The number of aryl methyl sites for hydroxylation is 1. The maximum absolute atomic E-state index is 13.2. The van der Waals surface area contributed by atoms with Crippen molar-refractivity contribution in [3.8, 4) is 10.6 Å². The number of para-hydroxylation sites is 1. The van der Waals surface area contributed by atoms with Gasteiger partial charge in [0.1, 0.15) is 6.54 Å². The van der Waals surface area contributed by atoms with E-state index in [2.05, 4.69) is 15.5 Å². The highest BCUT2D eigenvalue weighted by atomic mass is 32.1. The summed E-state index contributed by atoms with van der Waals surface area (Å²) in [5, 5.41) is 10.6. The van der Waals surface area contributed by atoms with Gasteiger partial charge in [-0.15, -0.1) is 11.3 Å². The van der Waals surface area contributed by atoms with Crippen molar-refractivity contribution in [3.05, 3.63) is 64.7 Å². The summed E-state index contributed by atoms with van der Waals surface area (Å²) in [6.45, 7) is 0.177. The van der Waals surface area contributed by atoms with E-state index in [0.717, 1.165) is 4.88 Å². The molecule has 1 aromatic carbocycles. The minimum atomic E-state index is -4.56. The van der Waals surface area contributed by atoms with Crippen LogP contribution in [0.4, 0.5) is 18.9 Å². The summed E-state index contributed by atoms with van der Waals surface area (Å²) < 4.78 is 42.7. The zero-order valence-electron chi connectivity index (χ0n) is 16.5. The number of aromatic nitrogens is 2. The molecule has 0 aliphatic carbocycles. The Bertz CT molecular complexity index is 1300. The summed E-state index contributed by atoms with van der Waals surface area (Å²) in [4.78, 5) is 30.7. The van der Waals surface area contributed by atoms with E-state index in [1.54, 1.807) is 24.4 Å². The first-order chi connectivity index (χ1) is 15.2. The van der Waals surface area contributed by atoms with Gasteiger partial charge in [0, 0.05) is 0 Å². The number of rotatable bonds is 5. The van der Waals surface area contributed by atoms with Crippen molar-refractivity contribution in [1.29, 1.82) is 0 Å². The van der Waals surface area contributed by atoms with Crippen LogP contribution in [-0.2, 0) is 0 Å². The fourth-order valence-electron chi connectivity index (χ4n) is 3.08. The number of alkyl halides is 3. The fraction of sp³-hybridized carbons (Fsp3) is 0.143. The van der Waals surface area contributed by atoms with E-state index in [1.807, 2.05) is 17.5 Å². The molecule has 0 saturated heterocycles. The lowest BCUT2D eigenvalue weighted by Gasteiger charge is -2.13. The molecule has 0 radical (unpaired) electrons. The second kappa shape index (κ2) is 8.42. The molecule has 0 unspecified atom stereocenters. The van der Waals surface area contributed by atoms with Crippen LogP contribution < -0.4 is 10.6 Å². The first-order valence-corrected chi connectivity index (χ1v) is 10.2. The number of anilines is 1. The summed E-state index contributed by atoms with van der Waals surface area (Å²) in [6.07, 6.45) is -4.56. The predicted octanol–water partition coefficient (Wildman–Crippen LogP) is 4.80. The molecule has 3 heterocycles. The Morgan fingerprint density at radius 3 is 2.59 bits per heavy atom. The Labute approximate surface area is 183 Å². The molecule has 32 heavy (non-hydrogen) atoms. The van der Waals surface area contributed by atoms with Gasteiger partial charge in [-0.25, -0.2) is 4.98 Å². The number of thiophene rings is 1. The topological polar surface area (TPSA) is 97.1 Å².